The number of amides is 1. The Labute approximate surface area is 222 Å². The molecule has 1 N–H and O–H groups in total. The van der Waals surface area contributed by atoms with Gasteiger partial charge in [0.15, 0.2) is 0 Å². The van der Waals surface area contributed by atoms with Crippen LogP contribution < -0.4 is 9.47 Å². The molecular formula is C29H34N2O7. The van der Waals surface area contributed by atoms with Crippen molar-refractivity contribution >= 4 is 12.1 Å². The molecule has 0 aliphatic carbocycles. The smallest absolute Gasteiger partial charge is 0.409 e. The number of carboxylic acids is 1. The Bertz CT molecular complexity index is 1270. The largest absolute Gasteiger partial charge is 0.497 e. The monoisotopic (exact) mass is 522 g/mol. The molecule has 1 unspecified atom stereocenters. The van der Waals surface area contributed by atoms with E-state index in [1.807, 2.05) is 69.3 Å². The molecule has 1 saturated heterocycles. The summed E-state index contributed by atoms with van der Waals surface area (Å²) >= 11 is 0. The van der Waals surface area contributed by atoms with Crippen LogP contribution in [-0.2, 0) is 16.0 Å². The van der Waals surface area contributed by atoms with Crippen molar-refractivity contribution in [3.05, 3.63) is 65.5 Å². The molecule has 1 amide bonds. The molecule has 3 aromatic rings. The van der Waals surface area contributed by atoms with Gasteiger partial charge in [-0.05, 0) is 48.7 Å². The quantitative estimate of drug-likeness (QED) is 0.388. The van der Waals surface area contributed by atoms with Crippen LogP contribution in [0.3, 0.4) is 0 Å². The normalized spacial score (nSPS) is 17.0. The standard InChI is InChI=1S/C29H34N2O7/c1-18(2)17-37-29(34)31-15-24(25(16-31)28(32)33)20-7-5-10-23(13-20)36-12-11-26-19(3)38-27(30-26)21-8-6-9-22(14-21)35-4/h5-10,13-14,18,24-25H,11-12,15-17H2,1-4H3,(H,32,33)/t24-,25?/m0/s1. The number of methoxy groups -OCH3 is 1. The third-order valence-corrected chi connectivity index (χ3v) is 6.54. The predicted octanol–water partition coefficient (Wildman–Crippen LogP) is 5.17. The number of rotatable bonds is 10. The summed E-state index contributed by atoms with van der Waals surface area (Å²) in [6.07, 6.45) is 0.0661. The first-order valence-electron chi connectivity index (χ1n) is 12.7. The van der Waals surface area contributed by atoms with Gasteiger partial charge in [0, 0.05) is 31.0 Å². The van der Waals surface area contributed by atoms with Crippen molar-refractivity contribution in [3.63, 3.8) is 0 Å². The second kappa shape index (κ2) is 12.0. The molecule has 1 fully saturated rings. The van der Waals surface area contributed by atoms with Crippen molar-refractivity contribution < 1.29 is 33.3 Å². The van der Waals surface area contributed by atoms with Crippen molar-refractivity contribution in [1.29, 1.82) is 0 Å². The van der Waals surface area contributed by atoms with Crippen LogP contribution in [0.25, 0.3) is 11.5 Å². The number of carboxylic acid groups (broad SMARTS) is 1. The predicted molar refractivity (Wildman–Crippen MR) is 140 cm³/mol. The molecule has 0 bridgehead atoms. The van der Waals surface area contributed by atoms with Crippen LogP contribution in [0.5, 0.6) is 11.5 Å². The molecular weight excluding hydrogens is 488 g/mol. The van der Waals surface area contributed by atoms with Gasteiger partial charge in [0.05, 0.1) is 31.9 Å². The van der Waals surface area contributed by atoms with Crippen LogP contribution in [0.4, 0.5) is 4.79 Å². The Morgan fingerprint density at radius 2 is 1.89 bits per heavy atom. The van der Waals surface area contributed by atoms with Crippen LogP contribution in [0, 0.1) is 18.8 Å². The summed E-state index contributed by atoms with van der Waals surface area (Å²) in [4.78, 5) is 30.5. The minimum Gasteiger partial charge on any atom is -0.497 e. The molecule has 38 heavy (non-hydrogen) atoms. The molecule has 4 rings (SSSR count). The van der Waals surface area contributed by atoms with E-state index in [2.05, 4.69) is 4.98 Å². The van der Waals surface area contributed by atoms with Crippen LogP contribution in [0.2, 0.25) is 0 Å². The highest BCUT2D eigenvalue weighted by Crippen LogP contribution is 2.35. The average molecular weight is 523 g/mol. The van der Waals surface area contributed by atoms with Crippen molar-refractivity contribution in [2.45, 2.75) is 33.1 Å². The lowest BCUT2D eigenvalue weighted by molar-refractivity contribution is -0.141. The Kier molecular flexibility index (Phi) is 8.55. The molecule has 1 aliphatic rings. The number of oxazole rings is 1. The number of carbonyl (C=O) groups excluding carboxylic acids is 1. The highest BCUT2D eigenvalue weighted by Gasteiger charge is 2.41. The molecule has 2 aromatic carbocycles. The fourth-order valence-electron chi connectivity index (χ4n) is 4.51. The van der Waals surface area contributed by atoms with E-state index in [1.54, 1.807) is 7.11 Å². The Balaban J connectivity index is 1.39. The van der Waals surface area contributed by atoms with E-state index in [1.165, 1.54) is 4.90 Å². The number of hydrogen-bond donors (Lipinski definition) is 1. The van der Waals surface area contributed by atoms with E-state index in [0.717, 1.165) is 28.3 Å². The maximum absolute atomic E-state index is 12.5. The molecule has 0 spiro atoms. The molecule has 0 radical (unpaired) electrons. The summed E-state index contributed by atoms with van der Waals surface area (Å²) in [5.74, 6) is 0.795. The number of nitrogens with zero attached hydrogens (tertiary/aromatic N) is 2. The van der Waals surface area contributed by atoms with Gasteiger partial charge in [-0.2, -0.15) is 0 Å². The first kappa shape index (κ1) is 27.0. The second-order valence-corrected chi connectivity index (χ2v) is 9.85. The van der Waals surface area contributed by atoms with E-state index in [-0.39, 0.29) is 24.9 Å². The zero-order valence-corrected chi connectivity index (χ0v) is 22.2. The van der Waals surface area contributed by atoms with Crippen LogP contribution in [-0.4, -0.2) is 60.5 Å². The lowest BCUT2D eigenvalue weighted by Gasteiger charge is -2.17. The van der Waals surface area contributed by atoms with E-state index in [0.29, 0.717) is 31.3 Å². The fraction of sp³-hybridized carbons (Fsp3) is 0.414. The van der Waals surface area contributed by atoms with Crippen molar-refractivity contribution in [2.24, 2.45) is 11.8 Å². The van der Waals surface area contributed by atoms with E-state index >= 15 is 0 Å². The second-order valence-electron chi connectivity index (χ2n) is 9.85. The lowest BCUT2D eigenvalue weighted by atomic mass is 9.89. The third-order valence-electron chi connectivity index (χ3n) is 6.54. The number of likely N-dealkylation sites (tertiary alicyclic amines) is 1. The number of ether oxygens (including phenoxy) is 3. The zero-order valence-electron chi connectivity index (χ0n) is 22.2. The molecule has 2 atom stereocenters. The van der Waals surface area contributed by atoms with Gasteiger partial charge >= 0.3 is 12.1 Å². The molecule has 9 heteroatoms. The van der Waals surface area contributed by atoms with Gasteiger partial charge in [-0.25, -0.2) is 9.78 Å². The number of aromatic nitrogens is 1. The summed E-state index contributed by atoms with van der Waals surface area (Å²) in [7, 11) is 1.62. The average Bonchev–Trinajstić information content (AvgIpc) is 3.52. The van der Waals surface area contributed by atoms with Gasteiger partial charge in [-0.15, -0.1) is 0 Å². The summed E-state index contributed by atoms with van der Waals surface area (Å²) in [6.45, 7) is 6.84. The highest BCUT2D eigenvalue weighted by molar-refractivity contribution is 5.75. The topological polar surface area (TPSA) is 111 Å². The minimum absolute atomic E-state index is 0.114. The zero-order chi connectivity index (χ0) is 27.2. The van der Waals surface area contributed by atoms with Gasteiger partial charge in [-0.1, -0.05) is 32.0 Å². The number of benzene rings is 2. The molecule has 9 nitrogen and oxygen atoms in total. The van der Waals surface area contributed by atoms with E-state index in [4.69, 9.17) is 18.6 Å². The highest BCUT2D eigenvalue weighted by atomic mass is 16.6. The SMILES string of the molecule is COc1cccc(-c2nc(CCOc3cccc([C@@H]4CN(C(=O)OCC(C)C)CC4C(=O)O)c3)c(C)o2)c1. The Hall–Kier alpha value is -4.01. The van der Waals surface area contributed by atoms with Crippen molar-refractivity contribution in [2.75, 3.05) is 33.4 Å². The number of carbonyl (C=O) groups is 2. The Morgan fingerprint density at radius 3 is 2.63 bits per heavy atom. The number of hydrogen-bond acceptors (Lipinski definition) is 7. The minimum atomic E-state index is -0.936. The molecule has 2 heterocycles. The van der Waals surface area contributed by atoms with Gasteiger partial charge in [0.25, 0.3) is 0 Å². The lowest BCUT2D eigenvalue weighted by Crippen LogP contribution is -2.31. The van der Waals surface area contributed by atoms with Crippen LogP contribution in [0.1, 0.15) is 36.8 Å². The van der Waals surface area contributed by atoms with Gasteiger partial charge < -0.3 is 28.6 Å². The van der Waals surface area contributed by atoms with Gasteiger partial charge in [0.2, 0.25) is 5.89 Å². The summed E-state index contributed by atoms with van der Waals surface area (Å²) < 4.78 is 22.5. The third kappa shape index (κ3) is 6.45. The van der Waals surface area contributed by atoms with Crippen molar-refractivity contribution in [3.8, 4) is 23.0 Å². The summed E-state index contributed by atoms with van der Waals surface area (Å²) in [6, 6.07) is 14.9. The number of aryl methyl sites for hydroxylation is 1. The number of aliphatic carboxylic acids is 1. The summed E-state index contributed by atoms with van der Waals surface area (Å²) in [5, 5.41) is 9.81. The molecule has 202 valence electrons. The van der Waals surface area contributed by atoms with E-state index < -0.39 is 18.0 Å². The maximum Gasteiger partial charge on any atom is 0.409 e. The van der Waals surface area contributed by atoms with Gasteiger partial charge in [0.1, 0.15) is 17.3 Å². The fourth-order valence-corrected chi connectivity index (χ4v) is 4.51. The summed E-state index contributed by atoms with van der Waals surface area (Å²) in [5.41, 5.74) is 2.45. The van der Waals surface area contributed by atoms with Gasteiger partial charge in [-0.3, -0.25) is 4.79 Å². The van der Waals surface area contributed by atoms with Crippen LogP contribution >= 0.6 is 0 Å². The van der Waals surface area contributed by atoms with Crippen molar-refractivity contribution in [1.82, 2.24) is 9.88 Å². The van der Waals surface area contributed by atoms with Crippen LogP contribution in [0.15, 0.2) is 52.9 Å². The molecule has 1 aromatic heterocycles. The maximum atomic E-state index is 12.5. The first-order valence-corrected chi connectivity index (χ1v) is 12.7. The first-order chi connectivity index (χ1) is 18.2. The Morgan fingerprint density at radius 1 is 1.13 bits per heavy atom. The van der Waals surface area contributed by atoms with E-state index in [9.17, 15) is 14.7 Å². The molecule has 0 saturated carbocycles. The molecule has 1 aliphatic heterocycles.